The molecule has 0 spiro atoms. The highest BCUT2D eigenvalue weighted by atomic mass is 32.1. The summed E-state index contributed by atoms with van der Waals surface area (Å²) < 4.78 is 0. The summed E-state index contributed by atoms with van der Waals surface area (Å²) in [7, 11) is 0. The highest BCUT2D eigenvalue weighted by molar-refractivity contribution is 7.11. The third-order valence-corrected chi connectivity index (χ3v) is 5.20. The molecule has 0 saturated heterocycles. The van der Waals surface area contributed by atoms with Crippen molar-refractivity contribution in [2.45, 2.75) is 39.9 Å². The molecule has 4 heteroatoms. The molecule has 2 heterocycles. The third-order valence-electron chi connectivity index (χ3n) is 3.34. The molecule has 0 saturated carbocycles. The van der Waals surface area contributed by atoms with Crippen LogP contribution in [0.2, 0.25) is 0 Å². The maximum atomic E-state index is 3.55. The van der Waals surface area contributed by atoms with Gasteiger partial charge in [0.1, 0.15) is 0 Å². The number of hydrogen-bond acceptors (Lipinski definition) is 4. The van der Waals surface area contributed by atoms with E-state index in [1.54, 1.807) is 0 Å². The van der Waals surface area contributed by atoms with Crippen LogP contribution in [0, 0.1) is 6.92 Å². The normalized spacial score (nSPS) is 11.7. The first-order valence-electron chi connectivity index (χ1n) is 7.17. The molecule has 2 aromatic rings. The molecule has 0 fully saturated rings. The molecule has 0 aliphatic carbocycles. The van der Waals surface area contributed by atoms with E-state index in [0.717, 1.165) is 26.2 Å². The highest BCUT2D eigenvalue weighted by Crippen LogP contribution is 2.15. The summed E-state index contributed by atoms with van der Waals surface area (Å²) in [5.41, 5.74) is 0. The van der Waals surface area contributed by atoms with Crippen LogP contribution in [0.25, 0.3) is 0 Å². The van der Waals surface area contributed by atoms with E-state index in [1.807, 2.05) is 22.7 Å². The summed E-state index contributed by atoms with van der Waals surface area (Å²) in [6.07, 6.45) is 0. The minimum absolute atomic E-state index is 0.586. The van der Waals surface area contributed by atoms with E-state index in [0.29, 0.717) is 6.04 Å². The molecule has 0 amide bonds. The van der Waals surface area contributed by atoms with Crippen LogP contribution < -0.4 is 5.32 Å². The lowest BCUT2D eigenvalue weighted by molar-refractivity contribution is 0.215. The Bertz CT molecular complexity index is 488. The van der Waals surface area contributed by atoms with Crippen LogP contribution in [0.1, 0.15) is 28.5 Å². The molecular formula is C16H24N2S2. The monoisotopic (exact) mass is 308 g/mol. The summed E-state index contributed by atoms with van der Waals surface area (Å²) in [5, 5.41) is 5.71. The van der Waals surface area contributed by atoms with Gasteiger partial charge in [-0.3, -0.25) is 4.90 Å². The van der Waals surface area contributed by atoms with Crippen LogP contribution >= 0.6 is 22.7 Å². The van der Waals surface area contributed by atoms with Gasteiger partial charge in [-0.2, -0.15) is 0 Å². The third kappa shape index (κ3) is 5.02. The average Bonchev–Trinajstić information content (AvgIpc) is 3.04. The minimum Gasteiger partial charge on any atom is -0.311 e. The molecule has 1 N–H and O–H groups in total. The summed E-state index contributed by atoms with van der Waals surface area (Å²) in [6.45, 7) is 10.9. The van der Waals surface area contributed by atoms with Crippen molar-refractivity contribution >= 4 is 22.7 Å². The predicted octanol–water partition coefficient (Wildman–Crippen LogP) is 4.12. The Balaban J connectivity index is 1.72. The largest absolute Gasteiger partial charge is 0.311 e. The summed E-state index contributed by atoms with van der Waals surface area (Å²) in [5.74, 6) is 0. The van der Waals surface area contributed by atoms with E-state index in [4.69, 9.17) is 0 Å². The van der Waals surface area contributed by atoms with Crippen molar-refractivity contribution in [1.29, 1.82) is 0 Å². The van der Waals surface area contributed by atoms with Gasteiger partial charge >= 0.3 is 0 Å². The van der Waals surface area contributed by atoms with Crippen molar-refractivity contribution in [2.24, 2.45) is 0 Å². The van der Waals surface area contributed by atoms with Gasteiger partial charge in [0.25, 0.3) is 0 Å². The van der Waals surface area contributed by atoms with Crippen molar-refractivity contribution in [1.82, 2.24) is 10.2 Å². The fraction of sp³-hybridized carbons (Fsp3) is 0.500. The Hall–Kier alpha value is -0.680. The molecule has 0 radical (unpaired) electrons. The zero-order valence-corrected chi connectivity index (χ0v) is 14.2. The molecular weight excluding hydrogens is 284 g/mol. The first kappa shape index (κ1) is 15.7. The fourth-order valence-electron chi connectivity index (χ4n) is 2.14. The second kappa shape index (κ2) is 7.93. The Morgan fingerprint density at radius 2 is 2.05 bits per heavy atom. The fourth-order valence-corrected chi connectivity index (χ4v) is 3.73. The molecule has 0 aliphatic rings. The quantitative estimate of drug-likeness (QED) is 0.738. The highest BCUT2D eigenvalue weighted by Gasteiger charge is 2.10. The topological polar surface area (TPSA) is 15.3 Å². The van der Waals surface area contributed by atoms with Crippen molar-refractivity contribution < 1.29 is 0 Å². The van der Waals surface area contributed by atoms with Gasteiger partial charge in [-0.25, -0.2) is 0 Å². The molecule has 110 valence electrons. The molecule has 20 heavy (non-hydrogen) atoms. The summed E-state index contributed by atoms with van der Waals surface area (Å²) in [4.78, 5) is 6.80. The molecule has 0 bridgehead atoms. The maximum absolute atomic E-state index is 3.55. The number of thiophene rings is 2. The van der Waals surface area contributed by atoms with Crippen molar-refractivity contribution in [3.63, 3.8) is 0 Å². The van der Waals surface area contributed by atoms with Crippen LogP contribution in [-0.2, 0) is 13.1 Å². The Morgan fingerprint density at radius 3 is 2.65 bits per heavy atom. The predicted molar refractivity (Wildman–Crippen MR) is 90.6 cm³/mol. The SMILES string of the molecule is Cc1ccc(CNCCN(Cc2cccs2)C(C)C)s1. The Morgan fingerprint density at radius 1 is 1.20 bits per heavy atom. The van der Waals surface area contributed by atoms with Crippen molar-refractivity contribution in [3.05, 3.63) is 44.3 Å². The molecule has 0 aromatic carbocycles. The van der Waals surface area contributed by atoms with Gasteiger partial charge in [-0.05, 0) is 44.4 Å². The molecule has 0 unspecified atom stereocenters. The standard InChI is InChI=1S/C16H24N2S2/c1-13(2)18(12-16-5-4-10-19-16)9-8-17-11-15-7-6-14(3)20-15/h4-7,10,13,17H,8-9,11-12H2,1-3H3. The zero-order valence-electron chi connectivity index (χ0n) is 12.6. The number of nitrogens with zero attached hydrogens (tertiary/aromatic N) is 1. The lowest BCUT2D eigenvalue weighted by atomic mass is 10.3. The van der Waals surface area contributed by atoms with E-state index >= 15 is 0 Å². The first-order chi connectivity index (χ1) is 9.65. The van der Waals surface area contributed by atoms with Gasteiger partial charge in [-0.1, -0.05) is 6.07 Å². The van der Waals surface area contributed by atoms with Crippen LogP contribution in [0.4, 0.5) is 0 Å². The maximum Gasteiger partial charge on any atom is 0.0331 e. The van der Waals surface area contributed by atoms with Crippen molar-refractivity contribution in [2.75, 3.05) is 13.1 Å². The molecule has 0 atom stereocenters. The van der Waals surface area contributed by atoms with Gasteiger partial charge in [0.15, 0.2) is 0 Å². The lowest BCUT2D eigenvalue weighted by Crippen LogP contribution is -2.36. The molecule has 2 rings (SSSR count). The second-order valence-electron chi connectivity index (χ2n) is 5.33. The molecule has 2 aromatic heterocycles. The van der Waals surface area contributed by atoms with Crippen molar-refractivity contribution in [3.8, 4) is 0 Å². The van der Waals surface area contributed by atoms with E-state index in [2.05, 4.69) is 60.6 Å². The minimum atomic E-state index is 0.586. The van der Waals surface area contributed by atoms with Gasteiger partial charge in [0.05, 0.1) is 0 Å². The van der Waals surface area contributed by atoms with Gasteiger partial charge in [0.2, 0.25) is 0 Å². The number of rotatable bonds is 8. The first-order valence-corrected chi connectivity index (χ1v) is 8.87. The summed E-state index contributed by atoms with van der Waals surface area (Å²) >= 11 is 3.73. The van der Waals surface area contributed by atoms with Gasteiger partial charge < -0.3 is 5.32 Å². The van der Waals surface area contributed by atoms with E-state index < -0.39 is 0 Å². The smallest absolute Gasteiger partial charge is 0.0331 e. The number of aryl methyl sites for hydroxylation is 1. The zero-order chi connectivity index (χ0) is 14.4. The Kier molecular flexibility index (Phi) is 6.23. The summed E-state index contributed by atoms with van der Waals surface area (Å²) in [6, 6.07) is 9.36. The van der Waals surface area contributed by atoms with Crippen LogP contribution in [-0.4, -0.2) is 24.0 Å². The number of hydrogen-bond donors (Lipinski definition) is 1. The van der Waals surface area contributed by atoms with E-state index in [1.165, 1.54) is 14.6 Å². The molecule has 2 nitrogen and oxygen atoms in total. The second-order valence-corrected chi connectivity index (χ2v) is 7.74. The van der Waals surface area contributed by atoms with E-state index in [-0.39, 0.29) is 0 Å². The average molecular weight is 309 g/mol. The molecule has 0 aliphatic heterocycles. The Labute approximate surface area is 130 Å². The number of nitrogens with one attached hydrogen (secondary N) is 1. The lowest BCUT2D eigenvalue weighted by Gasteiger charge is -2.26. The van der Waals surface area contributed by atoms with Crippen LogP contribution in [0.5, 0.6) is 0 Å². The van der Waals surface area contributed by atoms with E-state index in [9.17, 15) is 0 Å². The van der Waals surface area contributed by atoms with Gasteiger partial charge in [-0.15, -0.1) is 22.7 Å². The van der Waals surface area contributed by atoms with Gasteiger partial charge in [0, 0.05) is 46.9 Å². The van der Waals surface area contributed by atoms with Crippen LogP contribution in [0.15, 0.2) is 29.6 Å². The van der Waals surface area contributed by atoms with Crippen LogP contribution in [0.3, 0.4) is 0 Å².